The topological polar surface area (TPSA) is 45.7 Å². The van der Waals surface area contributed by atoms with E-state index in [0.717, 1.165) is 27.0 Å². The Kier molecular flexibility index (Phi) is 2.86. The van der Waals surface area contributed by atoms with E-state index in [1.807, 2.05) is 48.5 Å². The summed E-state index contributed by atoms with van der Waals surface area (Å²) >= 11 is 0. The predicted octanol–water partition coefficient (Wildman–Crippen LogP) is 3.83. The molecule has 3 nitrogen and oxygen atoms in total. The van der Waals surface area contributed by atoms with Crippen LogP contribution in [0.2, 0.25) is 0 Å². The summed E-state index contributed by atoms with van der Waals surface area (Å²) in [5, 5.41) is 14.4. The van der Waals surface area contributed by atoms with Gasteiger partial charge in [-0.15, -0.1) is 0 Å². The van der Waals surface area contributed by atoms with Crippen molar-refractivity contribution in [3.8, 4) is 5.75 Å². The summed E-state index contributed by atoms with van der Waals surface area (Å²) in [6.45, 7) is 2.06. The molecule has 0 saturated carbocycles. The molecule has 1 aliphatic heterocycles. The average molecular weight is 325 g/mol. The van der Waals surface area contributed by atoms with E-state index in [9.17, 15) is 5.11 Å². The molecule has 5 rings (SSSR count). The summed E-state index contributed by atoms with van der Waals surface area (Å²) in [7, 11) is 0. The molecule has 0 aliphatic carbocycles. The number of nitrogens with zero attached hydrogens (tertiary/aromatic N) is 1. The average Bonchev–Trinajstić information content (AvgIpc) is 3.14. The third-order valence-corrected chi connectivity index (χ3v) is 4.61. The molecule has 0 fully saturated rings. The quantitative estimate of drug-likeness (QED) is 0.509. The van der Waals surface area contributed by atoms with Crippen LogP contribution in [0.1, 0.15) is 11.1 Å². The van der Waals surface area contributed by atoms with Crippen LogP contribution in [-0.2, 0) is 0 Å². The molecule has 0 bridgehead atoms. The van der Waals surface area contributed by atoms with Gasteiger partial charge in [0.05, 0.1) is 10.7 Å². The zero-order valence-corrected chi connectivity index (χ0v) is 13.7. The SMILES string of the molecule is Cc1ccc2c(c1)=Nc1c=2ccc2c(O)/c(=C\c3ccccc3)oc12. The van der Waals surface area contributed by atoms with Crippen LogP contribution in [0.4, 0.5) is 5.69 Å². The van der Waals surface area contributed by atoms with Crippen LogP contribution < -0.4 is 10.8 Å². The monoisotopic (exact) mass is 325 g/mol. The van der Waals surface area contributed by atoms with Crippen molar-refractivity contribution in [3.05, 3.63) is 93.0 Å². The van der Waals surface area contributed by atoms with Crippen molar-refractivity contribution in [1.82, 2.24) is 0 Å². The Morgan fingerprint density at radius 2 is 1.76 bits per heavy atom. The van der Waals surface area contributed by atoms with Crippen LogP contribution in [0, 0.1) is 17.4 Å². The molecule has 3 heteroatoms. The normalized spacial score (nSPS) is 12.9. The first-order valence-corrected chi connectivity index (χ1v) is 8.22. The summed E-state index contributed by atoms with van der Waals surface area (Å²) in [6.07, 6.45) is 1.84. The fourth-order valence-electron chi connectivity index (χ4n) is 3.36. The van der Waals surface area contributed by atoms with Crippen LogP contribution in [0.3, 0.4) is 0 Å². The number of aromatic hydroxyl groups is 1. The molecule has 4 aromatic rings. The largest absolute Gasteiger partial charge is 0.504 e. The molecule has 0 amide bonds. The van der Waals surface area contributed by atoms with Gasteiger partial charge in [0.1, 0.15) is 5.69 Å². The van der Waals surface area contributed by atoms with Crippen molar-refractivity contribution in [2.24, 2.45) is 4.99 Å². The van der Waals surface area contributed by atoms with Gasteiger partial charge in [-0.3, -0.25) is 0 Å². The first kappa shape index (κ1) is 14.1. The Morgan fingerprint density at radius 1 is 0.960 bits per heavy atom. The second-order valence-electron chi connectivity index (χ2n) is 6.34. The first-order chi connectivity index (χ1) is 12.2. The van der Waals surface area contributed by atoms with E-state index in [-0.39, 0.29) is 5.75 Å². The molecule has 1 aromatic heterocycles. The maximum absolute atomic E-state index is 10.6. The van der Waals surface area contributed by atoms with E-state index >= 15 is 0 Å². The van der Waals surface area contributed by atoms with E-state index in [4.69, 9.17) is 9.41 Å². The number of hydrogen-bond donors (Lipinski definition) is 1. The van der Waals surface area contributed by atoms with Crippen molar-refractivity contribution in [1.29, 1.82) is 0 Å². The number of aryl methyl sites for hydroxylation is 1. The minimum absolute atomic E-state index is 0.156. The van der Waals surface area contributed by atoms with E-state index in [0.29, 0.717) is 16.4 Å². The van der Waals surface area contributed by atoms with Crippen molar-refractivity contribution < 1.29 is 9.52 Å². The maximum atomic E-state index is 10.6. The number of hydrogen-bond acceptors (Lipinski definition) is 3. The third-order valence-electron chi connectivity index (χ3n) is 4.61. The van der Waals surface area contributed by atoms with E-state index in [1.165, 1.54) is 5.56 Å². The van der Waals surface area contributed by atoms with Gasteiger partial charge in [0.2, 0.25) is 0 Å². The van der Waals surface area contributed by atoms with Gasteiger partial charge in [-0.25, -0.2) is 4.99 Å². The molecule has 0 radical (unpaired) electrons. The predicted molar refractivity (Wildman–Crippen MR) is 97.2 cm³/mol. The van der Waals surface area contributed by atoms with Gasteiger partial charge in [-0.05, 0) is 36.3 Å². The highest BCUT2D eigenvalue weighted by Gasteiger charge is 2.15. The molecule has 120 valence electrons. The van der Waals surface area contributed by atoms with E-state index in [1.54, 1.807) is 0 Å². The molecule has 1 N–H and O–H groups in total. The van der Waals surface area contributed by atoms with Gasteiger partial charge in [0.15, 0.2) is 16.7 Å². The highest BCUT2D eigenvalue weighted by molar-refractivity contribution is 5.93. The molecule has 25 heavy (non-hydrogen) atoms. The molecule has 1 aliphatic rings. The molecule has 0 saturated heterocycles. The minimum Gasteiger partial charge on any atom is -0.504 e. The standard InChI is InChI=1S/C22H15NO2/c1-13-7-8-15-16-9-10-17-21(24)19(12-14-5-3-2-4-6-14)25-22(17)20(16)23-18(15)11-13/h2-12,24H,1H3/b19-12+. The smallest absolute Gasteiger partial charge is 0.170 e. The summed E-state index contributed by atoms with van der Waals surface area (Å²) in [4.78, 5) is 4.75. The second-order valence-corrected chi connectivity index (χ2v) is 6.34. The van der Waals surface area contributed by atoms with Gasteiger partial charge in [-0.1, -0.05) is 48.5 Å². The second kappa shape index (κ2) is 5.08. The summed E-state index contributed by atoms with van der Waals surface area (Å²) in [5.74, 6) is 0.156. The number of fused-ring (bicyclic) bond motifs is 4. The molecule has 2 heterocycles. The van der Waals surface area contributed by atoms with Gasteiger partial charge in [-0.2, -0.15) is 0 Å². The van der Waals surface area contributed by atoms with Gasteiger partial charge in [0, 0.05) is 10.4 Å². The van der Waals surface area contributed by atoms with E-state index in [2.05, 4.69) is 25.1 Å². The zero-order valence-electron chi connectivity index (χ0n) is 13.7. The maximum Gasteiger partial charge on any atom is 0.170 e. The number of benzene rings is 3. The number of furan rings is 1. The summed E-state index contributed by atoms with van der Waals surface area (Å²) in [6, 6.07) is 20.0. The lowest BCUT2D eigenvalue weighted by molar-refractivity contribution is 0.450. The highest BCUT2D eigenvalue weighted by Crippen LogP contribution is 2.33. The van der Waals surface area contributed by atoms with Crippen molar-refractivity contribution in [2.75, 3.05) is 0 Å². The van der Waals surface area contributed by atoms with E-state index < -0.39 is 0 Å². The van der Waals surface area contributed by atoms with Gasteiger partial charge in [0.25, 0.3) is 0 Å². The molecule has 3 aromatic carbocycles. The Balaban J connectivity index is 1.86. The fraction of sp³-hybridized carbons (Fsp3) is 0.0455. The minimum atomic E-state index is 0.156. The van der Waals surface area contributed by atoms with Crippen LogP contribution in [-0.4, -0.2) is 5.11 Å². The van der Waals surface area contributed by atoms with Crippen LogP contribution in [0.15, 0.2) is 70.1 Å². The molecule has 0 atom stereocenters. The molecule has 0 unspecified atom stereocenters. The number of rotatable bonds is 1. The third kappa shape index (κ3) is 2.09. The lowest BCUT2D eigenvalue weighted by atomic mass is 10.1. The first-order valence-electron chi connectivity index (χ1n) is 8.22. The fourth-order valence-corrected chi connectivity index (χ4v) is 3.36. The molecular weight excluding hydrogens is 310 g/mol. The Hall–Kier alpha value is -3.33. The Morgan fingerprint density at radius 3 is 2.60 bits per heavy atom. The van der Waals surface area contributed by atoms with Crippen LogP contribution in [0.25, 0.3) is 17.0 Å². The van der Waals surface area contributed by atoms with Crippen LogP contribution in [0.5, 0.6) is 5.75 Å². The van der Waals surface area contributed by atoms with Gasteiger partial charge >= 0.3 is 0 Å². The van der Waals surface area contributed by atoms with Crippen molar-refractivity contribution in [3.63, 3.8) is 0 Å². The van der Waals surface area contributed by atoms with Crippen molar-refractivity contribution >= 4 is 22.7 Å². The highest BCUT2D eigenvalue weighted by atomic mass is 16.4. The van der Waals surface area contributed by atoms with Crippen LogP contribution >= 0.6 is 0 Å². The zero-order chi connectivity index (χ0) is 17.0. The lowest BCUT2D eigenvalue weighted by Crippen LogP contribution is -1.99. The molecular formula is C22H15NO2. The summed E-state index contributed by atoms with van der Waals surface area (Å²) in [5.41, 5.74) is 4.03. The van der Waals surface area contributed by atoms with Gasteiger partial charge < -0.3 is 9.52 Å². The Labute approximate surface area is 143 Å². The van der Waals surface area contributed by atoms with Crippen molar-refractivity contribution in [2.45, 2.75) is 6.92 Å². The Bertz CT molecular complexity index is 1350. The molecule has 0 spiro atoms. The lowest BCUT2D eigenvalue weighted by Gasteiger charge is -1.93. The summed E-state index contributed by atoms with van der Waals surface area (Å²) < 4.78 is 6.01.